The summed E-state index contributed by atoms with van der Waals surface area (Å²) in [5.74, 6) is -0.626. The van der Waals surface area contributed by atoms with Gasteiger partial charge in [0.25, 0.3) is 0 Å². The summed E-state index contributed by atoms with van der Waals surface area (Å²) in [5.41, 5.74) is 4.86. The van der Waals surface area contributed by atoms with Crippen LogP contribution in [0.15, 0.2) is 0 Å². The van der Waals surface area contributed by atoms with Crippen LogP contribution in [0.4, 0.5) is 0 Å². The molecule has 1 unspecified atom stereocenters. The monoisotopic (exact) mass is 278 g/mol. The molecule has 0 aliphatic rings. The van der Waals surface area contributed by atoms with Gasteiger partial charge in [0.05, 0.1) is 5.75 Å². The lowest BCUT2D eigenvalue weighted by Gasteiger charge is -2.21. The van der Waals surface area contributed by atoms with E-state index in [9.17, 15) is 13.2 Å². The predicted molar refractivity (Wildman–Crippen MR) is 74.0 cm³/mol. The third-order valence-electron chi connectivity index (χ3n) is 2.56. The van der Waals surface area contributed by atoms with E-state index in [0.29, 0.717) is 6.54 Å². The number of hydrogen-bond donors (Lipinski definition) is 2. The minimum Gasteiger partial charge on any atom is -0.355 e. The molecule has 108 valence electrons. The molecule has 0 bridgehead atoms. The van der Waals surface area contributed by atoms with Gasteiger partial charge in [-0.25, -0.2) is 8.42 Å². The molecule has 18 heavy (non-hydrogen) atoms. The Bertz CT molecular complexity index is 358. The topological polar surface area (TPSA) is 89.3 Å². The molecule has 0 fully saturated rings. The molecule has 0 aromatic rings. The second kappa shape index (κ2) is 7.09. The summed E-state index contributed by atoms with van der Waals surface area (Å²) in [4.78, 5) is 11.7. The summed E-state index contributed by atoms with van der Waals surface area (Å²) in [6.45, 7) is 7.28. The van der Waals surface area contributed by atoms with E-state index in [0.717, 1.165) is 19.3 Å². The highest BCUT2D eigenvalue weighted by atomic mass is 32.2. The van der Waals surface area contributed by atoms with Crippen molar-refractivity contribution < 1.29 is 13.2 Å². The molecule has 0 rings (SSSR count). The summed E-state index contributed by atoms with van der Waals surface area (Å²) >= 11 is 0. The maximum atomic E-state index is 11.9. The summed E-state index contributed by atoms with van der Waals surface area (Å²) in [6, 6.07) is 0. The van der Waals surface area contributed by atoms with E-state index >= 15 is 0 Å². The highest BCUT2D eigenvalue weighted by molar-refractivity contribution is 7.92. The summed E-state index contributed by atoms with van der Waals surface area (Å²) in [5, 5.41) is 1.61. The van der Waals surface area contributed by atoms with Gasteiger partial charge < -0.3 is 11.1 Å². The van der Waals surface area contributed by atoms with Gasteiger partial charge in [-0.15, -0.1) is 0 Å². The van der Waals surface area contributed by atoms with Crippen molar-refractivity contribution in [3.8, 4) is 0 Å². The Kier molecular flexibility index (Phi) is 6.84. The predicted octanol–water partition coefficient (Wildman–Crippen LogP) is 0.833. The maximum Gasteiger partial charge on any atom is 0.238 e. The fourth-order valence-corrected chi connectivity index (χ4v) is 3.23. The molecule has 1 amide bonds. The molecule has 0 heterocycles. The Balaban J connectivity index is 4.36. The molecule has 6 heteroatoms. The number of sulfone groups is 1. The smallest absolute Gasteiger partial charge is 0.238 e. The van der Waals surface area contributed by atoms with Crippen molar-refractivity contribution in [1.82, 2.24) is 5.32 Å². The lowest BCUT2D eigenvalue weighted by atomic mass is 10.1. The van der Waals surface area contributed by atoms with Crippen LogP contribution in [0.3, 0.4) is 0 Å². The number of nitrogens with two attached hydrogens (primary N) is 1. The average Bonchev–Trinajstić information content (AvgIpc) is 2.19. The van der Waals surface area contributed by atoms with Crippen molar-refractivity contribution in [3.05, 3.63) is 0 Å². The first-order chi connectivity index (χ1) is 8.10. The van der Waals surface area contributed by atoms with Crippen LogP contribution in [-0.4, -0.2) is 37.4 Å². The SMILES string of the molecule is CCCCCNC(=O)C(C)S(=O)(=O)CC(C)(C)N. The molecule has 0 aromatic carbocycles. The lowest BCUT2D eigenvalue weighted by Crippen LogP contribution is -2.46. The van der Waals surface area contributed by atoms with Gasteiger partial charge in [-0.2, -0.15) is 0 Å². The van der Waals surface area contributed by atoms with Gasteiger partial charge in [0.15, 0.2) is 9.84 Å². The Morgan fingerprint density at radius 2 is 1.89 bits per heavy atom. The molecule has 0 aliphatic heterocycles. The van der Waals surface area contributed by atoms with Crippen LogP contribution in [0, 0.1) is 0 Å². The zero-order valence-corrected chi connectivity index (χ0v) is 12.6. The molecular weight excluding hydrogens is 252 g/mol. The van der Waals surface area contributed by atoms with Crippen LogP contribution in [0.1, 0.15) is 47.0 Å². The number of carbonyl (C=O) groups is 1. The number of rotatable bonds is 8. The van der Waals surface area contributed by atoms with Crippen molar-refractivity contribution in [2.24, 2.45) is 5.73 Å². The molecule has 0 spiro atoms. The molecule has 0 saturated carbocycles. The largest absolute Gasteiger partial charge is 0.355 e. The summed E-state index contributed by atoms with van der Waals surface area (Å²) in [6.07, 6.45) is 2.96. The van der Waals surface area contributed by atoms with Crippen molar-refractivity contribution in [2.75, 3.05) is 12.3 Å². The lowest BCUT2D eigenvalue weighted by molar-refractivity contribution is -0.120. The number of carbonyl (C=O) groups excluding carboxylic acids is 1. The van der Waals surface area contributed by atoms with Crippen LogP contribution in [0.2, 0.25) is 0 Å². The van der Waals surface area contributed by atoms with Crippen LogP contribution < -0.4 is 11.1 Å². The van der Waals surface area contributed by atoms with Gasteiger partial charge >= 0.3 is 0 Å². The van der Waals surface area contributed by atoms with Gasteiger partial charge in [0, 0.05) is 12.1 Å². The number of unbranched alkanes of at least 4 members (excludes halogenated alkanes) is 2. The van der Waals surface area contributed by atoms with Crippen LogP contribution in [-0.2, 0) is 14.6 Å². The van der Waals surface area contributed by atoms with Crippen molar-refractivity contribution >= 4 is 15.7 Å². The number of amides is 1. The zero-order chi connectivity index (χ0) is 14.4. The third kappa shape index (κ3) is 6.96. The van der Waals surface area contributed by atoms with E-state index in [4.69, 9.17) is 5.73 Å². The molecule has 3 N–H and O–H groups in total. The van der Waals surface area contributed by atoms with Gasteiger partial charge in [0.1, 0.15) is 5.25 Å². The normalized spacial score (nSPS) is 14.3. The Morgan fingerprint density at radius 3 is 2.33 bits per heavy atom. The number of hydrogen-bond acceptors (Lipinski definition) is 4. The second-order valence-corrected chi connectivity index (χ2v) is 7.76. The summed E-state index contributed by atoms with van der Waals surface area (Å²) < 4.78 is 23.9. The first kappa shape index (κ1) is 17.4. The van der Waals surface area contributed by atoms with Gasteiger partial charge in [-0.3, -0.25) is 4.79 Å². The van der Waals surface area contributed by atoms with Gasteiger partial charge in [-0.1, -0.05) is 19.8 Å². The highest BCUT2D eigenvalue weighted by Crippen LogP contribution is 2.09. The Labute approximate surface area is 110 Å². The molecule has 0 saturated heterocycles. The van der Waals surface area contributed by atoms with E-state index < -0.39 is 26.5 Å². The fourth-order valence-electron chi connectivity index (χ4n) is 1.54. The van der Waals surface area contributed by atoms with E-state index in [1.807, 2.05) is 0 Å². The first-order valence-corrected chi connectivity index (χ1v) is 8.10. The molecular formula is C12H26N2O3S. The van der Waals surface area contributed by atoms with E-state index in [1.165, 1.54) is 6.92 Å². The highest BCUT2D eigenvalue weighted by Gasteiger charge is 2.31. The fraction of sp³-hybridized carbons (Fsp3) is 0.917. The Hall–Kier alpha value is -0.620. The van der Waals surface area contributed by atoms with Crippen molar-refractivity contribution in [1.29, 1.82) is 0 Å². The van der Waals surface area contributed by atoms with Crippen LogP contribution in [0.25, 0.3) is 0 Å². The molecule has 1 atom stereocenters. The Morgan fingerprint density at radius 1 is 1.33 bits per heavy atom. The first-order valence-electron chi connectivity index (χ1n) is 6.38. The molecule has 0 radical (unpaired) electrons. The van der Waals surface area contributed by atoms with E-state index in [2.05, 4.69) is 12.2 Å². The van der Waals surface area contributed by atoms with Crippen LogP contribution >= 0.6 is 0 Å². The van der Waals surface area contributed by atoms with Crippen molar-refractivity contribution in [3.63, 3.8) is 0 Å². The van der Waals surface area contributed by atoms with Crippen molar-refractivity contribution in [2.45, 2.75) is 57.7 Å². The quantitative estimate of drug-likeness (QED) is 0.644. The van der Waals surface area contributed by atoms with Gasteiger partial charge in [-0.05, 0) is 27.2 Å². The average molecular weight is 278 g/mol. The molecule has 0 aliphatic carbocycles. The van der Waals surface area contributed by atoms with E-state index in [-0.39, 0.29) is 5.75 Å². The van der Waals surface area contributed by atoms with E-state index in [1.54, 1.807) is 13.8 Å². The van der Waals surface area contributed by atoms with Gasteiger partial charge in [0.2, 0.25) is 5.91 Å². The minimum absolute atomic E-state index is 0.191. The molecule has 5 nitrogen and oxygen atoms in total. The van der Waals surface area contributed by atoms with Crippen LogP contribution in [0.5, 0.6) is 0 Å². The zero-order valence-electron chi connectivity index (χ0n) is 11.8. The summed E-state index contributed by atoms with van der Waals surface area (Å²) in [7, 11) is -3.50. The standard InChI is InChI=1S/C12H26N2O3S/c1-5-6-7-8-14-11(15)10(2)18(16,17)9-12(3,4)13/h10H,5-9,13H2,1-4H3,(H,14,15). The minimum atomic E-state index is -3.50. The molecule has 0 aromatic heterocycles. The number of nitrogens with one attached hydrogen (secondary N) is 1. The second-order valence-electron chi connectivity index (χ2n) is 5.44. The third-order valence-corrected chi connectivity index (χ3v) is 5.00. The maximum absolute atomic E-state index is 11.9.